The zero-order chi connectivity index (χ0) is 13.7. The molecule has 1 fully saturated rings. The Morgan fingerprint density at radius 3 is 2.42 bits per heavy atom. The molecular formula is C14H22N4O. The third-order valence-electron chi connectivity index (χ3n) is 3.31. The van der Waals surface area contributed by atoms with Crippen molar-refractivity contribution in [2.24, 2.45) is 0 Å². The monoisotopic (exact) mass is 262 g/mol. The molecule has 0 bridgehead atoms. The lowest BCUT2D eigenvalue weighted by molar-refractivity contribution is -0.119. The second-order valence-corrected chi connectivity index (χ2v) is 5.00. The van der Waals surface area contributed by atoms with E-state index in [2.05, 4.69) is 27.7 Å². The molecular weight excluding hydrogens is 240 g/mol. The zero-order valence-corrected chi connectivity index (χ0v) is 11.6. The Bertz CT molecular complexity index is 401. The predicted molar refractivity (Wildman–Crippen MR) is 76.7 cm³/mol. The first-order valence-corrected chi connectivity index (χ1v) is 6.71. The molecule has 1 amide bonds. The van der Waals surface area contributed by atoms with Crippen molar-refractivity contribution in [1.29, 1.82) is 0 Å². The van der Waals surface area contributed by atoms with Gasteiger partial charge in [0.25, 0.3) is 0 Å². The van der Waals surface area contributed by atoms with Crippen molar-refractivity contribution in [3.05, 3.63) is 30.3 Å². The molecule has 1 unspecified atom stereocenters. The van der Waals surface area contributed by atoms with Gasteiger partial charge in [0.15, 0.2) is 0 Å². The molecule has 5 nitrogen and oxygen atoms in total. The fraction of sp³-hybridized carbons (Fsp3) is 0.500. The number of hydrogen-bond donors (Lipinski definition) is 2. The van der Waals surface area contributed by atoms with Gasteiger partial charge in [0.05, 0.1) is 6.04 Å². The van der Waals surface area contributed by atoms with Crippen molar-refractivity contribution in [3.63, 3.8) is 0 Å². The highest BCUT2D eigenvalue weighted by atomic mass is 16.2. The number of hydrogen-bond acceptors (Lipinski definition) is 4. The Balaban J connectivity index is 1.79. The maximum atomic E-state index is 12.0. The van der Waals surface area contributed by atoms with Gasteiger partial charge in [-0.3, -0.25) is 4.79 Å². The van der Waals surface area contributed by atoms with Crippen LogP contribution >= 0.6 is 0 Å². The molecule has 0 aliphatic carbocycles. The summed E-state index contributed by atoms with van der Waals surface area (Å²) in [4.78, 5) is 14.3. The van der Waals surface area contributed by atoms with E-state index in [0.717, 1.165) is 31.9 Å². The first-order valence-electron chi connectivity index (χ1n) is 6.71. The Morgan fingerprint density at radius 2 is 1.79 bits per heavy atom. The number of para-hydroxylation sites is 1. The first kappa shape index (κ1) is 14.0. The second kappa shape index (κ2) is 6.65. The van der Waals surface area contributed by atoms with Crippen molar-refractivity contribution >= 4 is 11.6 Å². The van der Waals surface area contributed by atoms with Crippen LogP contribution in [0.4, 0.5) is 5.69 Å². The Hall–Kier alpha value is -1.43. The van der Waals surface area contributed by atoms with E-state index in [0.29, 0.717) is 0 Å². The van der Waals surface area contributed by atoms with Crippen LogP contribution in [-0.4, -0.2) is 55.1 Å². The summed E-state index contributed by atoms with van der Waals surface area (Å²) in [5.74, 6) is -0.00914. The molecule has 1 aromatic carbocycles. The molecule has 0 saturated carbocycles. The second-order valence-electron chi connectivity index (χ2n) is 5.00. The molecule has 1 aliphatic rings. The summed E-state index contributed by atoms with van der Waals surface area (Å²) < 4.78 is 0. The molecule has 5 heteroatoms. The summed E-state index contributed by atoms with van der Waals surface area (Å²) in [5.41, 5.74) is 4.09. The fourth-order valence-corrected chi connectivity index (χ4v) is 2.04. The van der Waals surface area contributed by atoms with E-state index >= 15 is 0 Å². The predicted octanol–water partition coefficient (Wildman–Crippen LogP) is 0.766. The average Bonchev–Trinajstić information content (AvgIpc) is 2.42. The SMILES string of the molecule is CC(NN1CCN(C)CC1)C(=O)Nc1ccccc1. The number of benzene rings is 1. The van der Waals surface area contributed by atoms with Gasteiger partial charge in [0.1, 0.15) is 0 Å². The van der Waals surface area contributed by atoms with Gasteiger partial charge >= 0.3 is 0 Å². The zero-order valence-electron chi connectivity index (χ0n) is 11.6. The van der Waals surface area contributed by atoms with Gasteiger partial charge < -0.3 is 10.2 Å². The number of nitrogens with one attached hydrogen (secondary N) is 2. The van der Waals surface area contributed by atoms with Crippen LogP contribution in [0.3, 0.4) is 0 Å². The maximum absolute atomic E-state index is 12.0. The molecule has 104 valence electrons. The van der Waals surface area contributed by atoms with E-state index < -0.39 is 0 Å². The van der Waals surface area contributed by atoms with Crippen LogP contribution in [0.25, 0.3) is 0 Å². The van der Waals surface area contributed by atoms with Crippen molar-refractivity contribution in [2.75, 3.05) is 38.5 Å². The number of carbonyl (C=O) groups excluding carboxylic acids is 1. The number of anilines is 1. The highest BCUT2D eigenvalue weighted by Crippen LogP contribution is 2.06. The summed E-state index contributed by atoms with van der Waals surface area (Å²) in [5, 5.41) is 5.02. The number of carbonyl (C=O) groups is 1. The standard InChI is InChI=1S/C14H22N4O/c1-12(16-18-10-8-17(2)9-11-18)14(19)15-13-6-4-3-5-7-13/h3-7,12,16H,8-11H2,1-2H3,(H,15,19). The van der Waals surface area contributed by atoms with Crippen LogP contribution in [0.5, 0.6) is 0 Å². The molecule has 1 saturated heterocycles. The quantitative estimate of drug-likeness (QED) is 0.841. The lowest BCUT2D eigenvalue weighted by Crippen LogP contribution is -2.55. The number of likely N-dealkylation sites (N-methyl/N-ethyl adjacent to an activating group) is 1. The summed E-state index contributed by atoms with van der Waals surface area (Å²) in [6.07, 6.45) is 0. The normalized spacial score (nSPS) is 19.1. The molecule has 0 aromatic heterocycles. The van der Waals surface area contributed by atoms with Crippen molar-refractivity contribution in [3.8, 4) is 0 Å². The minimum Gasteiger partial charge on any atom is -0.325 e. The number of rotatable bonds is 4. The van der Waals surface area contributed by atoms with Gasteiger partial charge in [-0.05, 0) is 26.1 Å². The molecule has 2 N–H and O–H groups in total. The minimum atomic E-state index is -0.233. The van der Waals surface area contributed by atoms with Crippen molar-refractivity contribution in [1.82, 2.24) is 15.3 Å². The fourth-order valence-electron chi connectivity index (χ4n) is 2.04. The van der Waals surface area contributed by atoms with Gasteiger partial charge in [0, 0.05) is 31.9 Å². The Labute approximate surface area is 114 Å². The summed E-state index contributed by atoms with van der Waals surface area (Å²) in [7, 11) is 2.11. The topological polar surface area (TPSA) is 47.6 Å². The number of hydrazine groups is 1. The molecule has 19 heavy (non-hydrogen) atoms. The van der Waals surface area contributed by atoms with E-state index in [1.54, 1.807) is 0 Å². The van der Waals surface area contributed by atoms with Crippen molar-refractivity contribution in [2.45, 2.75) is 13.0 Å². The smallest absolute Gasteiger partial charge is 0.242 e. The van der Waals surface area contributed by atoms with E-state index in [-0.39, 0.29) is 11.9 Å². The van der Waals surface area contributed by atoms with Gasteiger partial charge in [0.2, 0.25) is 5.91 Å². The van der Waals surface area contributed by atoms with E-state index in [1.165, 1.54) is 0 Å². The third-order valence-corrected chi connectivity index (χ3v) is 3.31. The van der Waals surface area contributed by atoms with Crippen LogP contribution in [0.15, 0.2) is 30.3 Å². The lowest BCUT2D eigenvalue weighted by Gasteiger charge is -2.34. The van der Waals surface area contributed by atoms with Gasteiger partial charge in [-0.1, -0.05) is 18.2 Å². The highest BCUT2D eigenvalue weighted by molar-refractivity contribution is 5.94. The molecule has 0 spiro atoms. The number of piperazine rings is 1. The Morgan fingerprint density at radius 1 is 1.16 bits per heavy atom. The van der Waals surface area contributed by atoms with Crippen molar-refractivity contribution < 1.29 is 4.79 Å². The summed E-state index contributed by atoms with van der Waals surface area (Å²) >= 11 is 0. The largest absolute Gasteiger partial charge is 0.325 e. The maximum Gasteiger partial charge on any atom is 0.242 e. The average molecular weight is 262 g/mol. The molecule has 1 atom stereocenters. The summed E-state index contributed by atoms with van der Waals surface area (Å²) in [6, 6.07) is 9.30. The number of nitrogens with zero attached hydrogens (tertiary/aromatic N) is 2. The molecule has 1 aromatic rings. The van der Waals surface area contributed by atoms with Gasteiger partial charge in [-0.15, -0.1) is 0 Å². The highest BCUT2D eigenvalue weighted by Gasteiger charge is 2.19. The lowest BCUT2D eigenvalue weighted by atomic mass is 10.3. The molecule has 1 heterocycles. The Kier molecular flexibility index (Phi) is 4.90. The van der Waals surface area contributed by atoms with Crippen LogP contribution in [-0.2, 0) is 4.79 Å². The van der Waals surface area contributed by atoms with Gasteiger partial charge in [-0.2, -0.15) is 0 Å². The molecule has 0 radical (unpaired) electrons. The summed E-state index contributed by atoms with van der Waals surface area (Å²) in [6.45, 7) is 5.83. The third kappa shape index (κ3) is 4.31. The van der Waals surface area contributed by atoms with Crippen LogP contribution in [0.1, 0.15) is 6.92 Å². The van der Waals surface area contributed by atoms with Crippen LogP contribution in [0.2, 0.25) is 0 Å². The molecule has 2 rings (SSSR count). The minimum absolute atomic E-state index is 0.00914. The number of amides is 1. The van der Waals surface area contributed by atoms with E-state index in [4.69, 9.17) is 0 Å². The van der Waals surface area contributed by atoms with Gasteiger partial charge in [-0.25, -0.2) is 10.4 Å². The molecule has 1 aliphatic heterocycles. The van der Waals surface area contributed by atoms with Crippen LogP contribution < -0.4 is 10.7 Å². The van der Waals surface area contributed by atoms with E-state index in [1.807, 2.05) is 37.3 Å². The first-order chi connectivity index (χ1) is 9.15. The van der Waals surface area contributed by atoms with Crippen LogP contribution in [0, 0.1) is 0 Å². The van der Waals surface area contributed by atoms with E-state index in [9.17, 15) is 4.79 Å².